The minimum atomic E-state index is -4.46. The van der Waals surface area contributed by atoms with Crippen molar-refractivity contribution in [2.24, 2.45) is 7.05 Å². The number of rotatable bonds is 12. The number of benzene rings is 1. The van der Waals surface area contributed by atoms with Gasteiger partial charge in [0.1, 0.15) is 24.0 Å². The van der Waals surface area contributed by atoms with Crippen molar-refractivity contribution < 1.29 is 32.6 Å². The van der Waals surface area contributed by atoms with Crippen LogP contribution in [0.3, 0.4) is 0 Å². The van der Waals surface area contributed by atoms with Crippen molar-refractivity contribution in [1.82, 2.24) is 19.6 Å². The van der Waals surface area contributed by atoms with Crippen LogP contribution in [0.4, 0.5) is 5.69 Å². The molecule has 0 spiro atoms. The van der Waals surface area contributed by atoms with Crippen molar-refractivity contribution in [3.63, 3.8) is 0 Å². The lowest BCUT2D eigenvalue weighted by atomic mass is 10.1. The van der Waals surface area contributed by atoms with E-state index in [0.717, 1.165) is 11.3 Å². The van der Waals surface area contributed by atoms with Crippen LogP contribution in [0.15, 0.2) is 47.6 Å². The first-order valence-corrected chi connectivity index (χ1v) is 16.0. The summed E-state index contributed by atoms with van der Waals surface area (Å²) in [5, 5.41) is 12.7. The molecule has 4 rings (SSSR count). The number of esters is 1. The molecule has 0 aliphatic carbocycles. The summed E-state index contributed by atoms with van der Waals surface area (Å²) in [4.78, 5) is 45.0. The van der Waals surface area contributed by atoms with Crippen LogP contribution in [0.5, 0.6) is 0 Å². The average molecular weight is 675 g/mol. The Morgan fingerprint density at radius 2 is 2.00 bits per heavy atom. The molecule has 1 aliphatic rings. The zero-order valence-corrected chi connectivity index (χ0v) is 26.9. The summed E-state index contributed by atoms with van der Waals surface area (Å²) in [7, 11) is -2.81. The maximum atomic E-state index is 14.0. The first kappa shape index (κ1) is 34.5. The van der Waals surface area contributed by atoms with Crippen molar-refractivity contribution in [3.05, 3.63) is 63.3 Å². The van der Waals surface area contributed by atoms with E-state index in [1.807, 2.05) is 0 Å². The second-order valence-corrected chi connectivity index (χ2v) is 13.0. The maximum Gasteiger partial charge on any atom is 0.326 e. The second-order valence-electron chi connectivity index (χ2n) is 9.62. The van der Waals surface area contributed by atoms with E-state index in [2.05, 4.69) is 15.0 Å². The van der Waals surface area contributed by atoms with E-state index in [4.69, 9.17) is 16.3 Å². The van der Waals surface area contributed by atoms with E-state index in [-0.39, 0.29) is 54.0 Å². The van der Waals surface area contributed by atoms with Crippen molar-refractivity contribution in [1.29, 1.82) is 0 Å². The SMILES string of the molecule is CCCOC(=O)[C@@H](NS(=O)(=O)c1cccc(N2CC[C@H](O)C2=O)c1CC)C(NC(=O)c1ccc(Cl)s1)c1nccn1C.Cl. The number of anilines is 1. The van der Waals surface area contributed by atoms with Gasteiger partial charge >= 0.3 is 5.97 Å². The fourth-order valence-corrected chi connectivity index (χ4v) is 7.19. The number of carbonyl (C=O) groups excluding carboxylic acids is 3. The third-order valence-corrected chi connectivity index (χ3v) is 9.51. The Bertz CT molecular complexity index is 1580. The van der Waals surface area contributed by atoms with Crippen molar-refractivity contribution >= 4 is 68.8 Å². The van der Waals surface area contributed by atoms with E-state index in [0.29, 0.717) is 22.0 Å². The summed E-state index contributed by atoms with van der Waals surface area (Å²) in [5.41, 5.74) is 0.689. The van der Waals surface area contributed by atoms with E-state index in [1.165, 1.54) is 29.3 Å². The summed E-state index contributed by atoms with van der Waals surface area (Å²) < 4.78 is 37.8. The molecule has 12 nitrogen and oxygen atoms in total. The van der Waals surface area contributed by atoms with E-state index in [9.17, 15) is 27.9 Å². The molecule has 0 bridgehead atoms. The molecule has 16 heteroatoms. The number of thiophene rings is 1. The highest BCUT2D eigenvalue weighted by Gasteiger charge is 2.40. The Labute approximate surface area is 264 Å². The zero-order chi connectivity index (χ0) is 30.6. The Morgan fingerprint density at radius 1 is 1.26 bits per heavy atom. The fourth-order valence-electron chi connectivity index (χ4n) is 4.72. The number of nitrogens with zero attached hydrogens (tertiary/aromatic N) is 3. The molecule has 1 aromatic carbocycles. The fraction of sp³-hybridized carbons (Fsp3) is 0.407. The van der Waals surface area contributed by atoms with Gasteiger partial charge in [-0.1, -0.05) is 31.5 Å². The van der Waals surface area contributed by atoms with E-state index < -0.39 is 46.0 Å². The van der Waals surface area contributed by atoms with Crippen LogP contribution in [0.25, 0.3) is 0 Å². The lowest BCUT2D eigenvalue weighted by Gasteiger charge is -2.28. The second kappa shape index (κ2) is 14.6. The molecule has 3 aromatic rings. The van der Waals surface area contributed by atoms with Gasteiger partial charge in [-0.05, 0) is 42.7 Å². The predicted octanol–water partition coefficient (Wildman–Crippen LogP) is 2.99. The summed E-state index contributed by atoms with van der Waals surface area (Å²) in [6.07, 6.45) is 2.83. The molecular formula is C27H33Cl2N5O7S2. The highest BCUT2D eigenvalue weighted by atomic mass is 35.5. The molecule has 3 heterocycles. The van der Waals surface area contributed by atoms with Gasteiger partial charge in [0.15, 0.2) is 0 Å². The van der Waals surface area contributed by atoms with Crippen LogP contribution >= 0.6 is 35.3 Å². The number of halogens is 2. The number of hydrogen-bond donors (Lipinski definition) is 3. The van der Waals surface area contributed by atoms with Gasteiger partial charge in [0.05, 0.1) is 20.7 Å². The number of aromatic nitrogens is 2. The largest absolute Gasteiger partial charge is 0.464 e. The zero-order valence-electron chi connectivity index (χ0n) is 23.7. The standard InChI is InChI=1S/C27H32ClN5O7S2.ClH/c1-4-15-40-27(37)23(22(24-29-12-14-32(24)3)30-25(35)19-9-10-21(28)41-19)31-42(38,39)20-8-6-7-17(16(20)5-2)33-13-11-18(34)26(33)36;/h6-10,12,14,18,22-23,31,34H,4-5,11,13,15H2,1-3H3,(H,30,35);1H/t18-,22?,23-;/m0./s1. The number of amides is 2. The minimum absolute atomic E-state index is 0. The van der Waals surface area contributed by atoms with E-state index >= 15 is 0 Å². The number of ether oxygens (including phenoxy) is 1. The Kier molecular flexibility index (Phi) is 11.7. The van der Waals surface area contributed by atoms with Crippen LogP contribution in [0, 0.1) is 0 Å². The van der Waals surface area contributed by atoms with Crippen molar-refractivity contribution in [3.8, 4) is 0 Å². The van der Waals surface area contributed by atoms with Gasteiger partial charge in [0.25, 0.3) is 11.8 Å². The molecule has 2 aromatic heterocycles. The highest BCUT2D eigenvalue weighted by molar-refractivity contribution is 7.89. The van der Waals surface area contributed by atoms with Crippen LogP contribution in [0.1, 0.15) is 53.8 Å². The van der Waals surface area contributed by atoms with Crippen LogP contribution in [-0.2, 0) is 37.8 Å². The van der Waals surface area contributed by atoms with E-state index in [1.54, 1.807) is 43.8 Å². The van der Waals surface area contributed by atoms with Gasteiger partial charge in [-0.3, -0.25) is 14.4 Å². The van der Waals surface area contributed by atoms with Crippen LogP contribution in [-0.4, -0.2) is 66.2 Å². The first-order valence-electron chi connectivity index (χ1n) is 13.3. The highest BCUT2D eigenvalue weighted by Crippen LogP contribution is 2.32. The summed E-state index contributed by atoms with van der Waals surface area (Å²) in [6, 6.07) is 4.65. The third-order valence-electron chi connectivity index (χ3n) is 6.76. The van der Waals surface area contributed by atoms with Crippen LogP contribution in [0.2, 0.25) is 4.34 Å². The number of sulfonamides is 1. The molecule has 43 heavy (non-hydrogen) atoms. The number of aryl methyl sites for hydroxylation is 1. The molecular weight excluding hydrogens is 641 g/mol. The third kappa shape index (κ3) is 7.56. The average Bonchev–Trinajstić information content (AvgIpc) is 3.68. The van der Waals surface area contributed by atoms with Crippen LogP contribution < -0.4 is 14.9 Å². The smallest absolute Gasteiger partial charge is 0.326 e. The summed E-state index contributed by atoms with van der Waals surface area (Å²) >= 11 is 7.04. The number of carbonyl (C=O) groups is 3. The Hall–Kier alpha value is -3.01. The lowest BCUT2D eigenvalue weighted by Crippen LogP contribution is -2.52. The molecule has 234 valence electrons. The van der Waals surface area contributed by atoms with Gasteiger partial charge in [-0.2, -0.15) is 4.72 Å². The number of aliphatic hydroxyl groups is 1. The molecule has 1 saturated heterocycles. The summed E-state index contributed by atoms with van der Waals surface area (Å²) in [6.45, 7) is 3.79. The molecule has 1 aliphatic heterocycles. The molecule has 3 atom stereocenters. The molecule has 2 amide bonds. The number of nitrogens with one attached hydrogen (secondary N) is 2. The molecule has 1 unspecified atom stereocenters. The molecule has 0 radical (unpaired) electrons. The molecule has 1 fully saturated rings. The van der Waals surface area contributed by atoms with Gasteiger partial charge in [-0.25, -0.2) is 13.4 Å². The van der Waals surface area contributed by atoms with Gasteiger partial charge in [0.2, 0.25) is 10.0 Å². The van der Waals surface area contributed by atoms with Gasteiger partial charge < -0.3 is 24.6 Å². The lowest BCUT2D eigenvalue weighted by molar-refractivity contribution is -0.146. The van der Waals surface area contributed by atoms with Crippen molar-refractivity contribution in [2.75, 3.05) is 18.1 Å². The van der Waals surface area contributed by atoms with Crippen molar-refractivity contribution in [2.45, 2.75) is 56.2 Å². The number of hydrogen-bond acceptors (Lipinski definition) is 9. The topological polar surface area (TPSA) is 160 Å². The maximum absolute atomic E-state index is 14.0. The minimum Gasteiger partial charge on any atom is -0.464 e. The monoisotopic (exact) mass is 673 g/mol. The van der Waals surface area contributed by atoms with Gasteiger partial charge in [0, 0.05) is 38.1 Å². The Balaban J connectivity index is 0.00000506. The number of imidazole rings is 1. The predicted molar refractivity (Wildman–Crippen MR) is 164 cm³/mol. The summed E-state index contributed by atoms with van der Waals surface area (Å²) in [5.74, 6) is -1.81. The quantitative estimate of drug-likeness (QED) is 0.247. The number of aliphatic hydroxyl groups excluding tert-OH is 1. The van der Waals surface area contributed by atoms with Gasteiger partial charge in [-0.15, -0.1) is 23.7 Å². The first-order chi connectivity index (χ1) is 20.0. The molecule has 0 saturated carbocycles. The molecule has 3 N–H and O–H groups in total. The normalized spacial score (nSPS) is 16.4. The Morgan fingerprint density at radius 3 is 2.56 bits per heavy atom.